The molecule has 1 aromatic heterocycles. The van der Waals surface area contributed by atoms with Crippen molar-refractivity contribution in [1.29, 1.82) is 0 Å². The van der Waals surface area contributed by atoms with E-state index in [1.807, 2.05) is 13.1 Å². The number of rotatable bonds is 4. The molecule has 1 fully saturated rings. The van der Waals surface area contributed by atoms with Gasteiger partial charge in [0.05, 0.1) is 12.7 Å². The van der Waals surface area contributed by atoms with Gasteiger partial charge in [0.2, 0.25) is 0 Å². The quantitative estimate of drug-likeness (QED) is 0.869. The Bertz CT molecular complexity index is 350. The van der Waals surface area contributed by atoms with Crippen LogP contribution in [0, 0.1) is 12.8 Å². The van der Waals surface area contributed by atoms with Gasteiger partial charge in [-0.25, -0.2) is 0 Å². The number of nitrogens with zero attached hydrogens (tertiary/aromatic N) is 1. The zero-order valence-electron chi connectivity index (χ0n) is 10.9. The first kappa shape index (κ1) is 12.5. The Labute approximate surface area is 104 Å². The molecule has 3 atom stereocenters. The second kappa shape index (κ2) is 5.61. The molecule has 17 heavy (non-hydrogen) atoms. The third-order valence-electron chi connectivity index (χ3n) is 3.42. The Morgan fingerprint density at radius 3 is 2.88 bits per heavy atom. The van der Waals surface area contributed by atoms with Gasteiger partial charge in [-0.3, -0.25) is 4.98 Å². The normalized spacial score (nSPS) is 26.1. The molecule has 1 aliphatic heterocycles. The number of aryl methyl sites for hydroxylation is 1. The van der Waals surface area contributed by atoms with Gasteiger partial charge in [-0.2, -0.15) is 0 Å². The van der Waals surface area contributed by atoms with E-state index in [-0.39, 0.29) is 0 Å². The van der Waals surface area contributed by atoms with Crippen molar-refractivity contribution in [2.45, 2.75) is 39.3 Å². The summed E-state index contributed by atoms with van der Waals surface area (Å²) < 4.78 is 5.68. The van der Waals surface area contributed by atoms with Crippen LogP contribution in [0.3, 0.4) is 0 Å². The minimum atomic E-state index is 0.373. The van der Waals surface area contributed by atoms with Crippen molar-refractivity contribution in [2.75, 3.05) is 13.2 Å². The van der Waals surface area contributed by atoms with E-state index in [0.29, 0.717) is 18.1 Å². The van der Waals surface area contributed by atoms with E-state index in [0.717, 1.165) is 25.3 Å². The SMILES string of the molecule is CCNC(c1ccc(C)nc1)C1COC(C)C1. The molecule has 0 aliphatic carbocycles. The number of hydrogen-bond donors (Lipinski definition) is 1. The van der Waals surface area contributed by atoms with Crippen LogP contribution in [0.25, 0.3) is 0 Å². The molecule has 3 unspecified atom stereocenters. The lowest BCUT2D eigenvalue weighted by Crippen LogP contribution is -2.28. The highest BCUT2D eigenvalue weighted by Gasteiger charge is 2.30. The molecular weight excluding hydrogens is 212 g/mol. The average Bonchev–Trinajstić information content (AvgIpc) is 2.74. The third-order valence-corrected chi connectivity index (χ3v) is 3.42. The van der Waals surface area contributed by atoms with E-state index in [9.17, 15) is 0 Å². The van der Waals surface area contributed by atoms with Crippen LogP contribution in [0.1, 0.15) is 37.6 Å². The van der Waals surface area contributed by atoms with E-state index in [1.54, 1.807) is 0 Å². The van der Waals surface area contributed by atoms with Crippen LogP contribution in [0.2, 0.25) is 0 Å². The highest BCUT2D eigenvalue weighted by Crippen LogP contribution is 2.31. The van der Waals surface area contributed by atoms with Crippen molar-refractivity contribution in [1.82, 2.24) is 10.3 Å². The van der Waals surface area contributed by atoms with Crippen LogP contribution in [0.5, 0.6) is 0 Å². The van der Waals surface area contributed by atoms with E-state index < -0.39 is 0 Å². The van der Waals surface area contributed by atoms with Gasteiger partial charge < -0.3 is 10.1 Å². The minimum Gasteiger partial charge on any atom is -0.378 e. The van der Waals surface area contributed by atoms with Gasteiger partial charge >= 0.3 is 0 Å². The molecule has 0 saturated carbocycles. The fraction of sp³-hybridized carbons (Fsp3) is 0.643. The highest BCUT2D eigenvalue weighted by atomic mass is 16.5. The summed E-state index contributed by atoms with van der Waals surface area (Å²) >= 11 is 0. The first-order chi connectivity index (χ1) is 8.20. The molecule has 1 aliphatic rings. The van der Waals surface area contributed by atoms with Gasteiger partial charge in [-0.05, 0) is 38.4 Å². The molecule has 1 saturated heterocycles. The number of ether oxygens (including phenoxy) is 1. The zero-order chi connectivity index (χ0) is 12.3. The summed E-state index contributed by atoms with van der Waals surface area (Å²) in [6.07, 6.45) is 3.51. The molecule has 0 bridgehead atoms. The van der Waals surface area contributed by atoms with Gasteiger partial charge in [0, 0.05) is 23.9 Å². The Hall–Kier alpha value is -0.930. The second-order valence-corrected chi connectivity index (χ2v) is 4.91. The maximum absolute atomic E-state index is 5.68. The lowest BCUT2D eigenvalue weighted by Gasteiger charge is -2.23. The molecule has 0 amide bonds. The Morgan fingerprint density at radius 2 is 2.35 bits per heavy atom. The number of nitrogens with one attached hydrogen (secondary N) is 1. The highest BCUT2D eigenvalue weighted by molar-refractivity contribution is 5.18. The molecule has 94 valence electrons. The third kappa shape index (κ3) is 3.05. The first-order valence-electron chi connectivity index (χ1n) is 6.48. The van der Waals surface area contributed by atoms with E-state index >= 15 is 0 Å². The van der Waals surface area contributed by atoms with Gasteiger partial charge in [-0.1, -0.05) is 13.0 Å². The van der Waals surface area contributed by atoms with Crippen molar-refractivity contribution in [3.8, 4) is 0 Å². The fourth-order valence-electron chi connectivity index (χ4n) is 2.52. The van der Waals surface area contributed by atoms with Crippen molar-refractivity contribution in [3.05, 3.63) is 29.6 Å². The van der Waals surface area contributed by atoms with Crippen molar-refractivity contribution < 1.29 is 4.74 Å². The Kier molecular flexibility index (Phi) is 4.13. The van der Waals surface area contributed by atoms with Gasteiger partial charge in [0.15, 0.2) is 0 Å². The summed E-state index contributed by atoms with van der Waals surface area (Å²) in [5, 5.41) is 3.56. The largest absolute Gasteiger partial charge is 0.378 e. The molecule has 0 aromatic carbocycles. The van der Waals surface area contributed by atoms with Crippen LogP contribution in [0.4, 0.5) is 0 Å². The van der Waals surface area contributed by atoms with Gasteiger partial charge in [0.25, 0.3) is 0 Å². The predicted octanol–water partition coefficient (Wildman–Crippen LogP) is 2.47. The molecule has 0 spiro atoms. The van der Waals surface area contributed by atoms with Gasteiger partial charge in [-0.15, -0.1) is 0 Å². The Balaban J connectivity index is 2.13. The summed E-state index contributed by atoms with van der Waals surface area (Å²) in [6, 6.07) is 4.63. The van der Waals surface area contributed by atoms with Crippen LogP contribution in [0.15, 0.2) is 18.3 Å². The lowest BCUT2D eigenvalue weighted by molar-refractivity contribution is 0.117. The predicted molar refractivity (Wildman–Crippen MR) is 68.9 cm³/mol. The smallest absolute Gasteiger partial charge is 0.0551 e. The second-order valence-electron chi connectivity index (χ2n) is 4.91. The minimum absolute atomic E-state index is 0.373. The van der Waals surface area contributed by atoms with Crippen LogP contribution >= 0.6 is 0 Å². The molecule has 2 rings (SSSR count). The van der Waals surface area contributed by atoms with Crippen molar-refractivity contribution in [2.24, 2.45) is 5.92 Å². The number of pyridine rings is 1. The summed E-state index contributed by atoms with van der Waals surface area (Å²) in [5.74, 6) is 0.564. The molecule has 1 aromatic rings. The van der Waals surface area contributed by atoms with Gasteiger partial charge in [0.1, 0.15) is 0 Å². The van der Waals surface area contributed by atoms with E-state index in [1.165, 1.54) is 5.56 Å². The summed E-state index contributed by atoms with van der Waals surface area (Å²) in [6.45, 7) is 8.15. The van der Waals surface area contributed by atoms with E-state index in [4.69, 9.17) is 4.74 Å². The molecule has 2 heterocycles. The lowest BCUT2D eigenvalue weighted by atomic mass is 9.92. The number of aromatic nitrogens is 1. The average molecular weight is 234 g/mol. The molecule has 1 N–H and O–H groups in total. The maximum atomic E-state index is 5.68. The van der Waals surface area contributed by atoms with Crippen LogP contribution in [-0.4, -0.2) is 24.2 Å². The first-order valence-corrected chi connectivity index (χ1v) is 6.48. The van der Waals surface area contributed by atoms with Crippen molar-refractivity contribution in [3.63, 3.8) is 0 Å². The maximum Gasteiger partial charge on any atom is 0.0551 e. The van der Waals surface area contributed by atoms with Crippen molar-refractivity contribution >= 4 is 0 Å². The topological polar surface area (TPSA) is 34.2 Å². The standard InChI is InChI=1S/C14H22N2O/c1-4-15-14(13-7-11(3)17-9-13)12-6-5-10(2)16-8-12/h5-6,8,11,13-15H,4,7,9H2,1-3H3. The molecular formula is C14H22N2O. The monoisotopic (exact) mass is 234 g/mol. The van der Waals surface area contributed by atoms with E-state index in [2.05, 4.69) is 36.3 Å². The zero-order valence-corrected chi connectivity index (χ0v) is 10.9. The van der Waals surface area contributed by atoms with Crippen LogP contribution in [-0.2, 0) is 4.74 Å². The molecule has 3 heteroatoms. The molecule has 0 radical (unpaired) electrons. The summed E-state index contributed by atoms with van der Waals surface area (Å²) in [5.41, 5.74) is 2.35. The molecule has 3 nitrogen and oxygen atoms in total. The Morgan fingerprint density at radius 1 is 1.53 bits per heavy atom. The summed E-state index contributed by atoms with van der Waals surface area (Å²) in [4.78, 5) is 4.39. The summed E-state index contributed by atoms with van der Waals surface area (Å²) in [7, 11) is 0. The van der Waals surface area contributed by atoms with Crippen LogP contribution < -0.4 is 5.32 Å². The fourth-order valence-corrected chi connectivity index (χ4v) is 2.52. The number of hydrogen-bond acceptors (Lipinski definition) is 3.